The molecule has 3 unspecified atom stereocenters. The van der Waals surface area contributed by atoms with Crippen LogP contribution in [0.3, 0.4) is 0 Å². The number of carboxylic acids is 1. The van der Waals surface area contributed by atoms with Gasteiger partial charge in [-0.3, -0.25) is 37.3 Å². The Kier molecular flexibility index (Phi) is 17.4. The van der Waals surface area contributed by atoms with Crippen LogP contribution >= 0.6 is 35.2 Å². The number of fused-ring (bicyclic) bond motifs is 1. The molecule has 0 saturated carbocycles. The number of imidazole rings is 1. The zero-order valence-electron chi connectivity index (χ0n) is 30.0. The summed E-state index contributed by atoms with van der Waals surface area (Å²) in [5, 5.41) is 34.6. The molecule has 0 aromatic carbocycles. The van der Waals surface area contributed by atoms with Crippen molar-refractivity contribution in [3.05, 3.63) is 24.8 Å². The highest BCUT2D eigenvalue weighted by Crippen LogP contribution is 2.61. The Hall–Kier alpha value is -3.23. The molecule has 7 atom stereocenters. The number of nitrogens with zero attached hydrogens (tertiary/aromatic N) is 4. The predicted octanol–water partition coefficient (Wildman–Crippen LogP) is -0.914. The van der Waals surface area contributed by atoms with E-state index in [1.807, 2.05) is 0 Å². The maximum Gasteiger partial charge on any atom is 0.481 e. The number of phosphoric acid groups is 3. The Bertz CT molecular complexity index is 1930. The van der Waals surface area contributed by atoms with Crippen LogP contribution in [0.15, 0.2) is 24.8 Å². The van der Waals surface area contributed by atoms with Crippen molar-refractivity contribution in [1.82, 2.24) is 30.2 Å². The Morgan fingerprint density at radius 3 is 2.37 bits per heavy atom. The number of nitrogens with two attached hydrogens (primary N) is 1. The summed E-state index contributed by atoms with van der Waals surface area (Å²) in [6, 6.07) is 0. The summed E-state index contributed by atoms with van der Waals surface area (Å²) in [5.74, 6) is -2.35. The van der Waals surface area contributed by atoms with E-state index < -0.39 is 90.5 Å². The second-order valence-corrected chi connectivity index (χ2v) is 18.0. The van der Waals surface area contributed by atoms with Crippen molar-refractivity contribution in [3.8, 4) is 0 Å². The van der Waals surface area contributed by atoms with E-state index in [1.54, 1.807) is 0 Å². The van der Waals surface area contributed by atoms with Gasteiger partial charge < -0.3 is 56.0 Å². The van der Waals surface area contributed by atoms with Gasteiger partial charge in [-0.2, -0.15) is 4.31 Å². The van der Waals surface area contributed by atoms with Gasteiger partial charge in [0.1, 0.15) is 36.3 Å². The monoisotopic (exact) mass is 893 g/mol. The number of allylic oxidation sites excluding steroid dienone is 1. The average Bonchev–Trinajstić information content (AvgIpc) is 3.66. The molecule has 320 valence electrons. The van der Waals surface area contributed by atoms with Crippen molar-refractivity contribution < 1.29 is 90.4 Å². The lowest BCUT2D eigenvalue weighted by molar-refractivity contribution is -0.137. The van der Waals surface area contributed by atoms with Crippen LogP contribution < -0.4 is 16.4 Å². The van der Waals surface area contributed by atoms with Crippen molar-refractivity contribution in [2.45, 2.75) is 63.8 Å². The Labute approximate surface area is 327 Å². The molecule has 2 aromatic heterocycles. The second kappa shape index (κ2) is 20.6. The minimum atomic E-state index is -5.59. The van der Waals surface area contributed by atoms with Crippen LogP contribution in [0.5, 0.6) is 0 Å². The molecule has 1 fully saturated rings. The Morgan fingerprint density at radius 2 is 1.70 bits per heavy atom. The summed E-state index contributed by atoms with van der Waals surface area (Å²) in [7, 11) is -16.4. The van der Waals surface area contributed by atoms with Crippen LogP contribution in [0.1, 0.15) is 39.3 Å². The number of hydrogen-bond donors (Lipinski definition) is 10. The quantitative estimate of drug-likeness (QED) is 0.0366. The van der Waals surface area contributed by atoms with E-state index in [0.717, 1.165) is 29.0 Å². The number of aliphatic carboxylic acids is 1. The predicted molar refractivity (Wildman–Crippen MR) is 193 cm³/mol. The number of rotatable bonds is 23. The van der Waals surface area contributed by atoms with Crippen LogP contribution in [0, 0.1) is 5.41 Å². The standard InChI is InChI=1S/C27H42N7O19P3S/c1-27(2,22(40)25(41)30-8-7-16(35)29-9-10-57-18(38)6-4-3-5-17(36)37)12-50-56(47,48)53-55(45,46)49-11-15-21(52-54(42,43)44)20(39)26(51-15)34-14-33-19-23(28)31-13-32-24(19)34/h3-4,13-15,20-22,26,39-40H,5-12H2,1-2H3,(H,29,35)(H,30,41)(H,36,37)(H,45,46)(H,47,48)(H2,28,31,32)(H2,42,43,44)/b4-3+/t15-,20-,21-,22?,26-/m1/s1. The first kappa shape index (κ1) is 48.1. The number of carbonyl (C=O) groups is 4. The summed E-state index contributed by atoms with van der Waals surface area (Å²) in [6.07, 6.45) is -4.48. The minimum Gasteiger partial charge on any atom is -0.481 e. The highest BCUT2D eigenvalue weighted by Gasteiger charge is 2.50. The van der Waals surface area contributed by atoms with E-state index in [1.165, 1.54) is 26.0 Å². The number of amides is 2. The summed E-state index contributed by atoms with van der Waals surface area (Å²) in [6.45, 7) is 0.271. The van der Waals surface area contributed by atoms with E-state index in [9.17, 15) is 62.7 Å². The third-order valence-electron chi connectivity index (χ3n) is 7.51. The summed E-state index contributed by atoms with van der Waals surface area (Å²) in [5.41, 5.74) is 4.21. The molecule has 1 aliphatic rings. The number of aliphatic hydroxyl groups excluding tert-OH is 2. The number of ether oxygens (including phenoxy) is 1. The molecular weight excluding hydrogens is 851 g/mol. The number of phosphoric ester groups is 3. The van der Waals surface area contributed by atoms with Crippen LogP contribution in [0.25, 0.3) is 11.2 Å². The van der Waals surface area contributed by atoms with Crippen molar-refractivity contribution in [2.24, 2.45) is 5.41 Å². The van der Waals surface area contributed by atoms with Gasteiger partial charge in [-0.25, -0.2) is 28.6 Å². The van der Waals surface area contributed by atoms with Gasteiger partial charge in [-0.1, -0.05) is 37.8 Å². The molecule has 2 amide bonds. The molecule has 26 nitrogen and oxygen atoms in total. The molecule has 2 aromatic rings. The Balaban J connectivity index is 1.46. The Morgan fingerprint density at radius 1 is 1.04 bits per heavy atom. The van der Waals surface area contributed by atoms with Crippen molar-refractivity contribution in [1.29, 1.82) is 0 Å². The molecule has 30 heteroatoms. The fraction of sp³-hybridized carbons (Fsp3) is 0.593. The van der Waals surface area contributed by atoms with E-state index in [4.69, 9.17) is 24.6 Å². The number of carboxylic acid groups (broad SMARTS) is 1. The number of carbonyl (C=O) groups excluding carboxylic acids is 3. The molecule has 0 aliphatic carbocycles. The molecule has 57 heavy (non-hydrogen) atoms. The van der Waals surface area contributed by atoms with Gasteiger partial charge in [0.25, 0.3) is 0 Å². The molecule has 1 aliphatic heterocycles. The normalized spacial score (nSPS) is 21.5. The molecule has 1 saturated heterocycles. The van der Waals surface area contributed by atoms with Gasteiger partial charge in [-0.05, 0) is 0 Å². The molecule has 3 rings (SSSR count). The van der Waals surface area contributed by atoms with Crippen LogP contribution in [0.4, 0.5) is 5.82 Å². The lowest BCUT2D eigenvalue weighted by atomic mass is 9.87. The van der Waals surface area contributed by atoms with Crippen LogP contribution in [-0.4, -0.2) is 134 Å². The summed E-state index contributed by atoms with van der Waals surface area (Å²) >= 11 is 0.930. The molecule has 11 N–H and O–H groups in total. The van der Waals surface area contributed by atoms with Crippen molar-refractivity contribution in [2.75, 3.05) is 37.8 Å². The highest BCUT2D eigenvalue weighted by atomic mass is 32.2. The molecule has 0 spiro atoms. The number of nitrogen functional groups attached to an aromatic ring is 1. The highest BCUT2D eigenvalue weighted by molar-refractivity contribution is 8.13. The first-order valence-corrected chi connectivity index (χ1v) is 21.8. The maximum atomic E-state index is 12.7. The maximum absolute atomic E-state index is 12.7. The van der Waals surface area contributed by atoms with Gasteiger partial charge in [0.15, 0.2) is 22.8 Å². The van der Waals surface area contributed by atoms with E-state index >= 15 is 0 Å². The summed E-state index contributed by atoms with van der Waals surface area (Å²) in [4.78, 5) is 97.7. The molecule has 3 heterocycles. The van der Waals surface area contributed by atoms with Crippen molar-refractivity contribution >= 4 is 75.1 Å². The number of anilines is 1. The largest absolute Gasteiger partial charge is 0.481 e. The van der Waals surface area contributed by atoms with Crippen LogP contribution in [0.2, 0.25) is 0 Å². The molecule has 0 bridgehead atoms. The van der Waals surface area contributed by atoms with Gasteiger partial charge >= 0.3 is 29.4 Å². The SMILES string of the molecule is CC(C)(COP(=O)(O)OP(=O)(O)OC[C@H]1O[C@@H](n2cnc3c(N)ncnc32)[C@H](O)[C@@H]1OP(=O)(O)O)C(O)C(=O)NCCC(=O)NCCSC(=O)C/C=C/CC(=O)O. The number of thioether (sulfide) groups is 1. The van der Waals surface area contributed by atoms with Crippen LogP contribution in [-0.2, 0) is 55.5 Å². The van der Waals surface area contributed by atoms with E-state index in [0.29, 0.717) is 0 Å². The first-order chi connectivity index (χ1) is 26.4. The van der Waals surface area contributed by atoms with Gasteiger partial charge in [0, 0.05) is 37.1 Å². The molecule has 0 radical (unpaired) electrons. The molecular formula is C27H42N7O19P3S. The fourth-order valence-corrected chi connectivity index (χ4v) is 8.19. The van der Waals surface area contributed by atoms with Gasteiger partial charge in [0.2, 0.25) is 11.8 Å². The number of aromatic nitrogens is 4. The smallest absolute Gasteiger partial charge is 0.481 e. The average molecular weight is 894 g/mol. The zero-order valence-corrected chi connectivity index (χ0v) is 33.5. The first-order valence-electron chi connectivity index (χ1n) is 16.3. The van der Waals surface area contributed by atoms with E-state index in [2.05, 4.69) is 34.4 Å². The fourth-order valence-electron chi connectivity index (χ4n) is 4.72. The number of nitrogens with one attached hydrogen (secondary N) is 2. The topological polar surface area (TPSA) is 401 Å². The summed E-state index contributed by atoms with van der Waals surface area (Å²) < 4.78 is 62.0. The number of aliphatic hydroxyl groups is 2. The third kappa shape index (κ3) is 15.5. The minimum absolute atomic E-state index is 0.0203. The second-order valence-electron chi connectivity index (χ2n) is 12.6. The van der Waals surface area contributed by atoms with Crippen molar-refractivity contribution in [3.63, 3.8) is 0 Å². The van der Waals surface area contributed by atoms with Gasteiger partial charge in [-0.15, -0.1) is 0 Å². The number of hydrogen-bond acceptors (Lipinski definition) is 19. The van der Waals surface area contributed by atoms with E-state index in [-0.39, 0.29) is 60.2 Å². The lowest BCUT2D eigenvalue weighted by Crippen LogP contribution is -2.46. The van der Waals surface area contributed by atoms with Gasteiger partial charge in [0.05, 0.1) is 26.0 Å². The third-order valence-corrected chi connectivity index (χ3v) is 11.5. The lowest BCUT2D eigenvalue weighted by Gasteiger charge is -2.30. The zero-order chi connectivity index (χ0) is 42.8.